The molecule has 1 aromatic carbocycles. The van der Waals surface area contributed by atoms with Crippen LogP contribution < -0.4 is 9.47 Å². The predicted octanol–water partition coefficient (Wildman–Crippen LogP) is 2.97. The highest BCUT2D eigenvalue weighted by atomic mass is 35.5. The molecule has 1 aliphatic rings. The third kappa shape index (κ3) is 2.47. The second-order valence-corrected chi connectivity index (χ2v) is 5.60. The standard InChI is InChI=1S/C15H17ClN2O3/c1-9(2)18-13(11(16)8-17-18)14(19)10-4-3-5-12-15(10)21-7-6-20-12/h3-5,8-9,14,19H,6-7H2,1-2H3. The normalized spacial score (nSPS) is 15.3. The van der Waals surface area contributed by atoms with E-state index < -0.39 is 6.10 Å². The maximum atomic E-state index is 10.8. The van der Waals surface area contributed by atoms with Crippen LogP contribution in [0.3, 0.4) is 0 Å². The van der Waals surface area contributed by atoms with Crippen molar-refractivity contribution in [3.05, 3.63) is 40.7 Å². The molecule has 1 N–H and O–H groups in total. The van der Waals surface area contributed by atoms with Crippen molar-refractivity contribution in [3.8, 4) is 11.5 Å². The summed E-state index contributed by atoms with van der Waals surface area (Å²) in [6.07, 6.45) is 0.631. The van der Waals surface area contributed by atoms with Crippen molar-refractivity contribution >= 4 is 11.6 Å². The first kappa shape index (κ1) is 14.2. The molecule has 0 spiro atoms. The van der Waals surface area contributed by atoms with Crippen molar-refractivity contribution in [2.45, 2.75) is 26.0 Å². The zero-order valence-electron chi connectivity index (χ0n) is 11.9. The molecule has 5 nitrogen and oxygen atoms in total. The Bertz CT molecular complexity index is 654. The molecule has 1 aromatic heterocycles. The zero-order chi connectivity index (χ0) is 15.0. The molecule has 3 rings (SSSR count). The van der Waals surface area contributed by atoms with E-state index in [4.69, 9.17) is 21.1 Å². The lowest BCUT2D eigenvalue weighted by atomic mass is 10.0. The number of halogens is 1. The number of ether oxygens (including phenoxy) is 2. The highest BCUT2D eigenvalue weighted by molar-refractivity contribution is 6.31. The van der Waals surface area contributed by atoms with Crippen molar-refractivity contribution in [1.29, 1.82) is 0 Å². The van der Waals surface area contributed by atoms with Gasteiger partial charge >= 0.3 is 0 Å². The number of benzene rings is 1. The number of nitrogens with zero attached hydrogens (tertiary/aromatic N) is 2. The van der Waals surface area contributed by atoms with Crippen LogP contribution in [0.1, 0.15) is 37.3 Å². The van der Waals surface area contributed by atoms with Gasteiger partial charge in [0.1, 0.15) is 19.3 Å². The maximum Gasteiger partial charge on any atom is 0.167 e. The van der Waals surface area contributed by atoms with E-state index >= 15 is 0 Å². The Hall–Kier alpha value is -1.72. The molecule has 1 aliphatic heterocycles. The van der Waals surface area contributed by atoms with Gasteiger partial charge in [-0.25, -0.2) is 0 Å². The molecule has 112 valence electrons. The van der Waals surface area contributed by atoms with Crippen LogP contribution in [0.4, 0.5) is 0 Å². The van der Waals surface area contributed by atoms with Crippen LogP contribution in [0, 0.1) is 0 Å². The number of fused-ring (bicyclic) bond motifs is 1. The molecule has 0 aliphatic carbocycles. The SMILES string of the molecule is CC(C)n1ncc(Cl)c1C(O)c1cccc2c1OCCO2. The fourth-order valence-electron chi connectivity index (χ4n) is 2.48. The molecule has 0 amide bonds. The zero-order valence-corrected chi connectivity index (χ0v) is 12.7. The molecule has 0 saturated carbocycles. The van der Waals surface area contributed by atoms with E-state index in [1.165, 1.54) is 0 Å². The average Bonchev–Trinajstić information content (AvgIpc) is 2.88. The summed E-state index contributed by atoms with van der Waals surface area (Å²) in [5.41, 5.74) is 1.20. The van der Waals surface area contributed by atoms with Crippen LogP contribution in [-0.4, -0.2) is 28.1 Å². The van der Waals surface area contributed by atoms with E-state index in [1.807, 2.05) is 32.0 Å². The molecular weight excluding hydrogens is 292 g/mol. The topological polar surface area (TPSA) is 56.5 Å². The number of aliphatic hydroxyl groups is 1. The molecule has 1 unspecified atom stereocenters. The lowest BCUT2D eigenvalue weighted by Gasteiger charge is -2.24. The van der Waals surface area contributed by atoms with Gasteiger partial charge in [-0.2, -0.15) is 5.10 Å². The molecule has 2 aromatic rings. The fourth-order valence-corrected chi connectivity index (χ4v) is 2.71. The number of aliphatic hydroxyl groups excluding tert-OH is 1. The van der Waals surface area contributed by atoms with E-state index in [0.717, 1.165) is 0 Å². The van der Waals surface area contributed by atoms with Gasteiger partial charge in [-0.1, -0.05) is 23.7 Å². The molecular formula is C15H17ClN2O3. The van der Waals surface area contributed by atoms with E-state index in [9.17, 15) is 5.11 Å². The number of para-hydroxylation sites is 1. The Morgan fingerprint density at radius 2 is 2.05 bits per heavy atom. The first-order valence-electron chi connectivity index (χ1n) is 6.89. The van der Waals surface area contributed by atoms with Gasteiger partial charge in [-0.15, -0.1) is 0 Å². The summed E-state index contributed by atoms with van der Waals surface area (Å²) in [6, 6.07) is 5.56. The second kappa shape index (κ2) is 5.58. The number of hydrogen-bond acceptors (Lipinski definition) is 4. The van der Waals surface area contributed by atoms with E-state index in [-0.39, 0.29) is 6.04 Å². The fraction of sp³-hybridized carbons (Fsp3) is 0.400. The Morgan fingerprint density at radius 1 is 1.29 bits per heavy atom. The molecule has 2 heterocycles. The minimum atomic E-state index is -0.918. The second-order valence-electron chi connectivity index (χ2n) is 5.19. The Balaban J connectivity index is 2.07. The predicted molar refractivity (Wildman–Crippen MR) is 79.1 cm³/mol. The Morgan fingerprint density at radius 3 is 2.81 bits per heavy atom. The Labute approximate surface area is 128 Å². The third-order valence-electron chi connectivity index (χ3n) is 3.43. The maximum absolute atomic E-state index is 10.8. The molecule has 0 bridgehead atoms. The molecule has 21 heavy (non-hydrogen) atoms. The summed E-state index contributed by atoms with van der Waals surface area (Å²) >= 11 is 6.20. The molecule has 1 atom stereocenters. The van der Waals surface area contributed by atoms with Crippen molar-refractivity contribution < 1.29 is 14.6 Å². The number of aromatic nitrogens is 2. The third-order valence-corrected chi connectivity index (χ3v) is 3.72. The van der Waals surface area contributed by atoms with Crippen LogP contribution in [-0.2, 0) is 0 Å². The van der Waals surface area contributed by atoms with Crippen molar-refractivity contribution in [2.75, 3.05) is 13.2 Å². The molecule has 0 fully saturated rings. The van der Waals surface area contributed by atoms with E-state index in [2.05, 4.69) is 5.10 Å². The highest BCUT2D eigenvalue weighted by Gasteiger charge is 2.26. The largest absolute Gasteiger partial charge is 0.486 e. The van der Waals surface area contributed by atoms with Crippen LogP contribution >= 0.6 is 11.6 Å². The molecule has 0 saturated heterocycles. The lowest BCUT2D eigenvalue weighted by molar-refractivity contribution is 0.155. The van der Waals surface area contributed by atoms with Gasteiger partial charge in [0.25, 0.3) is 0 Å². The van der Waals surface area contributed by atoms with Gasteiger partial charge in [0.15, 0.2) is 11.5 Å². The minimum absolute atomic E-state index is 0.0962. The molecule has 0 radical (unpaired) electrons. The van der Waals surface area contributed by atoms with Crippen molar-refractivity contribution in [2.24, 2.45) is 0 Å². The first-order valence-corrected chi connectivity index (χ1v) is 7.27. The summed E-state index contributed by atoms with van der Waals surface area (Å²) in [5, 5.41) is 15.4. The van der Waals surface area contributed by atoms with Gasteiger partial charge in [0, 0.05) is 11.6 Å². The monoisotopic (exact) mass is 308 g/mol. The molecule has 6 heteroatoms. The lowest BCUT2D eigenvalue weighted by Crippen LogP contribution is -2.19. The van der Waals surface area contributed by atoms with Crippen LogP contribution in [0.2, 0.25) is 5.02 Å². The van der Waals surface area contributed by atoms with Crippen LogP contribution in [0.15, 0.2) is 24.4 Å². The summed E-state index contributed by atoms with van der Waals surface area (Å²) < 4.78 is 12.9. The van der Waals surface area contributed by atoms with E-state index in [0.29, 0.717) is 41.0 Å². The number of hydrogen-bond donors (Lipinski definition) is 1. The van der Waals surface area contributed by atoms with Crippen LogP contribution in [0.25, 0.3) is 0 Å². The highest BCUT2D eigenvalue weighted by Crippen LogP contribution is 2.40. The van der Waals surface area contributed by atoms with Gasteiger partial charge in [-0.3, -0.25) is 4.68 Å². The summed E-state index contributed by atoms with van der Waals surface area (Å²) in [5.74, 6) is 1.22. The Kier molecular flexibility index (Phi) is 3.78. The van der Waals surface area contributed by atoms with Crippen LogP contribution in [0.5, 0.6) is 11.5 Å². The average molecular weight is 309 g/mol. The number of rotatable bonds is 3. The quantitative estimate of drug-likeness (QED) is 0.947. The summed E-state index contributed by atoms with van der Waals surface area (Å²) in [4.78, 5) is 0. The minimum Gasteiger partial charge on any atom is -0.486 e. The summed E-state index contributed by atoms with van der Waals surface area (Å²) in [7, 11) is 0. The van der Waals surface area contributed by atoms with Gasteiger partial charge in [-0.05, 0) is 19.9 Å². The first-order chi connectivity index (χ1) is 10.1. The van der Waals surface area contributed by atoms with Gasteiger partial charge < -0.3 is 14.6 Å². The smallest absolute Gasteiger partial charge is 0.167 e. The van der Waals surface area contributed by atoms with E-state index in [1.54, 1.807) is 10.9 Å². The summed E-state index contributed by atoms with van der Waals surface area (Å²) in [6.45, 7) is 4.95. The van der Waals surface area contributed by atoms with Crippen molar-refractivity contribution in [1.82, 2.24) is 9.78 Å². The van der Waals surface area contributed by atoms with Gasteiger partial charge in [0.05, 0.1) is 16.9 Å². The van der Waals surface area contributed by atoms with Gasteiger partial charge in [0.2, 0.25) is 0 Å². The van der Waals surface area contributed by atoms with Crippen molar-refractivity contribution in [3.63, 3.8) is 0 Å².